The average molecular weight is 351 g/mol. The van der Waals surface area contributed by atoms with Crippen molar-refractivity contribution in [2.75, 3.05) is 18.8 Å². The summed E-state index contributed by atoms with van der Waals surface area (Å²) >= 11 is 0. The molecule has 2 aromatic carbocycles. The van der Waals surface area contributed by atoms with Gasteiger partial charge in [0.05, 0.1) is 0 Å². The molecule has 3 fully saturated rings. The van der Waals surface area contributed by atoms with Gasteiger partial charge in [-0.2, -0.15) is 0 Å². The molecular weight excluding hydrogens is 326 g/mol. The largest absolute Gasteiger partial charge is 0.457 e. The topological polar surface area (TPSA) is 67.6 Å². The van der Waals surface area contributed by atoms with Gasteiger partial charge in [0, 0.05) is 29.4 Å². The van der Waals surface area contributed by atoms with Crippen LogP contribution in [-0.2, 0) is 0 Å². The minimum Gasteiger partial charge on any atom is -0.457 e. The Balaban J connectivity index is 1.41. The third kappa shape index (κ3) is 3.40. The van der Waals surface area contributed by atoms with E-state index in [4.69, 9.17) is 10.5 Å². The number of ether oxygens (including phenoxy) is 1. The summed E-state index contributed by atoms with van der Waals surface area (Å²) in [5.74, 6) is 1.96. The van der Waals surface area contributed by atoms with Gasteiger partial charge in [0.25, 0.3) is 5.91 Å². The monoisotopic (exact) mass is 351 g/mol. The number of nitrogen functional groups attached to an aromatic ring is 1. The number of carbonyl (C=O) groups is 1. The number of amides is 1. The summed E-state index contributed by atoms with van der Waals surface area (Å²) in [5, 5.41) is 3.26. The van der Waals surface area contributed by atoms with E-state index in [-0.39, 0.29) is 11.9 Å². The Morgan fingerprint density at radius 3 is 2.50 bits per heavy atom. The van der Waals surface area contributed by atoms with Crippen LogP contribution < -0.4 is 15.8 Å². The summed E-state index contributed by atoms with van der Waals surface area (Å²) in [6, 6.07) is 15.2. The fourth-order valence-electron chi connectivity index (χ4n) is 4.17. The fraction of sp³-hybridized carbons (Fsp3) is 0.381. The molecule has 5 nitrogen and oxygen atoms in total. The smallest absolute Gasteiger partial charge is 0.251 e. The predicted octanol–water partition coefficient (Wildman–Crippen LogP) is 3.27. The third-order valence-corrected chi connectivity index (χ3v) is 5.69. The molecule has 3 heterocycles. The lowest BCUT2D eigenvalue weighted by molar-refractivity contribution is 0.0217. The van der Waals surface area contributed by atoms with Gasteiger partial charge in [-0.05, 0) is 75.2 Å². The van der Waals surface area contributed by atoms with Crippen molar-refractivity contribution in [1.82, 2.24) is 10.2 Å². The lowest BCUT2D eigenvalue weighted by atomic mass is 9.79. The van der Waals surface area contributed by atoms with Crippen LogP contribution in [0, 0.1) is 5.92 Å². The van der Waals surface area contributed by atoms with Crippen LogP contribution in [0.1, 0.15) is 30.1 Å². The second-order valence-corrected chi connectivity index (χ2v) is 7.31. The molecule has 1 amide bonds. The molecule has 5 rings (SSSR count). The summed E-state index contributed by atoms with van der Waals surface area (Å²) in [5.41, 5.74) is 7.08. The highest BCUT2D eigenvalue weighted by atomic mass is 16.5. The Hall–Kier alpha value is -2.53. The maximum atomic E-state index is 12.7. The summed E-state index contributed by atoms with van der Waals surface area (Å²) in [6.07, 6.45) is 2.37. The van der Waals surface area contributed by atoms with Gasteiger partial charge in [0.15, 0.2) is 0 Å². The number of nitrogens with zero attached hydrogens (tertiary/aromatic N) is 1. The van der Waals surface area contributed by atoms with Crippen LogP contribution in [0.5, 0.6) is 11.5 Å². The second-order valence-electron chi connectivity index (χ2n) is 7.31. The van der Waals surface area contributed by atoms with Crippen molar-refractivity contribution in [1.29, 1.82) is 0 Å². The van der Waals surface area contributed by atoms with Crippen molar-refractivity contribution in [2.24, 2.45) is 5.92 Å². The van der Waals surface area contributed by atoms with Crippen molar-refractivity contribution in [3.05, 3.63) is 54.1 Å². The molecule has 0 aromatic heterocycles. The number of carbonyl (C=O) groups excluding carboxylic acids is 1. The Morgan fingerprint density at radius 2 is 1.85 bits per heavy atom. The highest BCUT2D eigenvalue weighted by molar-refractivity contribution is 5.94. The Morgan fingerprint density at radius 1 is 1.12 bits per heavy atom. The SMILES string of the molecule is C[C@H]1[C@H](NC(=O)c2ccc(Oc3cccc(N)c3)cc2)C2CCN1CC2. The predicted molar refractivity (Wildman–Crippen MR) is 102 cm³/mol. The number of fused-ring (bicyclic) bond motifs is 3. The van der Waals surface area contributed by atoms with E-state index in [0.29, 0.717) is 34.7 Å². The lowest BCUT2D eigenvalue weighted by Crippen LogP contribution is -2.62. The van der Waals surface area contributed by atoms with E-state index >= 15 is 0 Å². The number of nitrogens with two attached hydrogens (primary N) is 1. The Kier molecular flexibility index (Phi) is 4.55. The molecule has 0 radical (unpaired) electrons. The first kappa shape index (κ1) is 16.9. The molecule has 3 N–H and O–H groups in total. The average Bonchev–Trinajstić information content (AvgIpc) is 2.65. The van der Waals surface area contributed by atoms with Crippen LogP contribution in [0.15, 0.2) is 48.5 Å². The second kappa shape index (κ2) is 7.00. The minimum absolute atomic E-state index is 0.00824. The molecule has 5 heteroatoms. The zero-order valence-corrected chi connectivity index (χ0v) is 15.0. The maximum Gasteiger partial charge on any atom is 0.251 e. The standard InChI is InChI=1S/C21H25N3O2/c1-14-20(15-9-11-24(14)12-10-15)23-21(25)16-5-7-18(8-6-16)26-19-4-2-3-17(22)13-19/h2-8,13-15,20H,9-12,22H2,1H3,(H,23,25)/t14-,20-/m0/s1. The maximum absolute atomic E-state index is 12.7. The van der Waals surface area contributed by atoms with Gasteiger partial charge in [-0.3, -0.25) is 9.69 Å². The van der Waals surface area contributed by atoms with E-state index in [9.17, 15) is 4.79 Å². The van der Waals surface area contributed by atoms with Gasteiger partial charge in [0.2, 0.25) is 0 Å². The van der Waals surface area contributed by atoms with Crippen molar-refractivity contribution >= 4 is 11.6 Å². The molecule has 3 aliphatic rings. The molecule has 3 saturated heterocycles. The van der Waals surface area contributed by atoms with Gasteiger partial charge in [-0.1, -0.05) is 6.07 Å². The summed E-state index contributed by atoms with van der Waals surface area (Å²) in [7, 11) is 0. The highest BCUT2D eigenvalue weighted by Crippen LogP contribution is 2.32. The molecule has 0 unspecified atom stereocenters. The first-order valence-electron chi connectivity index (χ1n) is 9.28. The number of rotatable bonds is 4. The Bertz CT molecular complexity index is 780. The summed E-state index contributed by atoms with van der Waals surface area (Å²) in [6.45, 7) is 4.54. The molecule has 26 heavy (non-hydrogen) atoms. The molecule has 0 saturated carbocycles. The van der Waals surface area contributed by atoms with Gasteiger partial charge in [0.1, 0.15) is 11.5 Å². The Labute approximate surface area is 154 Å². The molecule has 2 bridgehead atoms. The van der Waals surface area contributed by atoms with Gasteiger partial charge in [-0.25, -0.2) is 0 Å². The molecular formula is C21H25N3O2. The van der Waals surface area contributed by atoms with Crippen molar-refractivity contribution < 1.29 is 9.53 Å². The van der Waals surface area contributed by atoms with Crippen LogP contribution in [-0.4, -0.2) is 36.0 Å². The summed E-state index contributed by atoms with van der Waals surface area (Å²) in [4.78, 5) is 15.1. The molecule has 2 aromatic rings. The van der Waals surface area contributed by atoms with Crippen molar-refractivity contribution in [2.45, 2.75) is 31.8 Å². The van der Waals surface area contributed by atoms with Crippen LogP contribution in [0.4, 0.5) is 5.69 Å². The quantitative estimate of drug-likeness (QED) is 0.830. The van der Waals surface area contributed by atoms with Gasteiger partial charge in [-0.15, -0.1) is 0 Å². The molecule has 0 spiro atoms. The first-order valence-corrected chi connectivity index (χ1v) is 9.28. The van der Waals surface area contributed by atoms with Crippen LogP contribution >= 0.6 is 0 Å². The van der Waals surface area contributed by atoms with Crippen LogP contribution in [0.2, 0.25) is 0 Å². The third-order valence-electron chi connectivity index (χ3n) is 5.69. The van der Waals surface area contributed by atoms with Gasteiger partial charge < -0.3 is 15.8 Å². The van der Waals surface area contributed by atoms with E-state index in [1.165, 1.54) is 12.8 Å². The normalized spacial score (nSPS) is 27.1. The van der Waals surface area contributed by atoms with Gasteiger partial charge >= 0.3 is 0 Å². The fourth-order valence-corrected chi connectivity index (χ4v) is 4.17. The van der Waals surface area contributed by atoms with E-state index in [0.717, 1.165) is 13.1 Å². The zero-order valence-electron chi connectivity index (χ0n) is 15.0. The minimum atomic E-state index is -0.00824. The zero-order chi connectivity index (χ0) is 18.1. The van der Waals surface area contributed by atoms with E-state index in [2.05, 4.69) is 17.1 Å². The molecule has 2 atom stereocenters. The number of hydrogen-bond donors (Lipinski definition) is 2. The first-order chi connectivity index (χ1) is 12.6. The number of anilines is 1. The number of benzene rings is 2. The number of piperidine rings is 3. The van der Waals surface area contributed by atoms with E-state index < -0.39 is 0 Å². The number of hydrogen-bond acceptors (Lipinski definition) is 4. The highest BCUT2D eigenvalue weighted by Gasteiger charge is 2.40. The number of nitrogens with one attached hydrogen (secondary N) is 1. The molecule has 0 aliphatic carbocycles. The lowest BCUT2D eigenvalue weighted by Gasteiger charge is -2.49. The molecule has 3 aliphatic heterocycles. The van der Waals surface area contributed by atoms with Crippen LogP contribution in [0.25, 0.3) is 0 Å². The van der Waals surface area contributed by atoms with E-state index in [1.807, 2.05) is 42.5 Å². The summed E-state index contributed by atoms with van der Waals surface area (Å²) < 4.78 is 5.78. The van der Waals surface area contributed by atoms with E-state index in [1.54, 1.807) is 6.07 Å². The van der Waals surface area contributed by atoms with Crippen LogP contribution in [0.3, 0.4) is 0 Å². The van der Waals surface area contributed by atoms with Crippen molar-refractivity contribution in [3.63, 3.8) is 0 Å². The molecule has 136 valence electrons. The van der Waals surface area contributed by atoms with Crippen molar-refractivity contribution in [3.8, 4) is 11.5 Å².